The molecule has 1 amide bonds. The third-order valence-corrected chi connectivity index (χ3v) is 7.38. The van der Waals surface area contributed by atoms with Gasteiger partial charge in [-0.15, -0.1) is 0 Å². The van der Waals surface area contributed by atoms with Crippen LogP contribution in [0.25, 0.3) is 0 Å². The van der Waals surface area contributed by atoms with Gasteiger partial charge in [0.2, 0.25) is 0 Å². The lowest BCUT2D eigenvalue weighted by molar-refractivity contribution is 0.0951. The quantitative estimate of drug-likeness (QED) is 0.343. The molecule has 0 bridgehead atoms. The maximum Gasteiger partial charge on any atom is 0.251 e. The molecule has 0 saturated carbocycles. The molecule has 2 aliphatic rings. The molecule has 3 aromatic rings. The van der Waals surface area contributed by atoms with Crippen LogP contribution in [-0.4, -0.2) is 24.4 Å². The average Bonchev–Trinajstić information content (AvgIpc) is 2.95. The summed E-state index contributed by atoms with van der Waals surface area (Å²) >= 11 is 0. The second kappa shape index (κ2) is 11.6. The Kier molecular flexibility index (Phi) is 7.80. The van der Waals surface area contributed by atoms with Crippen LogP contribution in [-0.2, 0) is 26.1 Å². The number of nitrogens with one attached hydrogen (secondary N) is 2. The highest BCUT2D eigenvalue weighted by Gasteiger charge is 2.14. The van der Waals surface area contributed by atoms with E-state index in [0.717, 1.165) is 49.4 Å². The number of fused-ring (bicyclic) bond motifs is 1. The second-order valence-corrected chi connectivity index (χ2v) is 10.3. The van der Waals surface area contributed by atoms with Gasteiger partial charge in [0.1, 0.15) is 0 Å². The lowest BCUT2D eigenvalue weighted by atomic mass is 9.99. The molecule has 5 rings (SSSR count). The Morgan fingerprint density at radius 2 is 1.76 bits per heavy atom. The molecule has 6 heteroatoms. The molecule has 38 heavy (non-hydrogen) atoms. The number of benzene rings is 3. The molecule has 6 nitrogen and oxygen atoms in total. The van der Waals surface area contributed by atoms with Crippen molar-refractivity contribution in [2.24, 2.45) is 5.92 Å². The van der Waals surface area contributed by atoms with Gasteiger partial charge in [0.05, 0.1) is 11.4 Å². The third kappa shape index (κ3) is 6.09. The van der Waals surface area contributed by atoms with Crippen LogP contribution < -0.4 is 21.3 Å². The maximum absolute atomic E-state index is 12.9. The molecule has 0 unspecified atom stereocenters. The molecule has 0 fully saturated rings. The predicted octanol–water partition coefficient (Wildman–Crippen LogP) is 5.67. The summed E-state index contributed by atoms with van der Waals surface area (Å²) in [5.74, 6) is 0.319. The van der Waals surface area contributed by atoms with Crippen LogP contribution in [0.5, 0.6) is 0 Å². The number of anilines is 3. The van der Waals surface area contributed by atoms with E-state index in [1.165, 1.54) is 16.7 Å². The van der Waals surface area contributed by atoms with Crippen molar-refractivity contribution in [3.8, 4) is 0 Å². The summed E-state index contributed by atoms with van der Waals surface area (Å²) in [6.07, 6.45) is 10.6. The summed E-state index contributed by atoms with van der Waals surface area (Å²) in [6, 6.07) is 20.5. The molecule has 0 saturated heterocycles. The Balaban J connectivity index is 1.16. The van der Waals surface area contributed by atoms with Gasteiger partial charge in [0, 0.05) is 49.8 Å². The van der Waals surface area contributed by atoms with E-state index >= 15 is 0 Å². The summed E-state index contributed by atoms with van der Waals surface area (Å²) in [6.45, 7) is 5.47. The van der Waals surface area contributed by atoms with E-state index in [-0.39, 0.29) is 5.91 Å². The van der Waals surface area contributed by atoms with Crippen LogP contribution in [0, 0.1) is 5.92 Å². The van der Waals surface area contributed by atoms with E-state index in [0.29, 0.717) is 23.7 Å². The first-order valence-electron chi connectivity index (χ1n) is 13.4. The number of nitrogen functional groups attached to an aromatic ring is 1. The first-order valence-corrected chi connectivity index (χ1v) is 13.4. The number of likely N-dealkylation sites (N-methyl/N-ethyl adjacent to an activating group) is 1. The zero-order valence-electron chi connectivity index (χ0n) is 22.3. The van der Waals surface area contributed by atoms with E-state index < -0.39 is 0 Å². The largest absolute Gasteiger partial charge is 0.397 e. The second-order valence-electron chi connectivity index (χ2n) is 10.3. The van der Waals surface area contributed by atoms with Crippen LogP contribution in [0.2, 0.25) is 0 Å². The van der Waals surface area contributed by atoms with Gasteiger partial charge in [-0.3, -0.25) is 4.79 Å². The van der Waals surface area contributed by atoms with Gasteiger partial charge in [-0.1, -0.05) is 49.4 Å². The van der Waals surface area contributed by atoms with Crippen LogP contribution >= 0.6 is 0 Å². The Labute approximate surface area is 225 Å². The molecule has 2 heterocycles. The number of allylic oxidation sites excluding steroid dienone is 2. The molecule has 0 aliphatic carbocycles. The number of nitrogens with zero attached hydrogens (tertiary/aromatic N) is 2. The Hall–Kier alpha value is -4.03. The van der Waals surface area contributed by atoms with Crippen molar-refractivity contribution in [3.63, 3.8) is 0 Å². The minimum Gasteiger partial charge on any atom is -0.397 e. The molecular formula is C32H37N5O. The monoisotopic (exact) mass is 507 g/mol. The number of hydrogen-bond acceptors (Lipinski definition) is 5. The highest BCUT2D eigenvalue weighted by atomic mass is 16.1. The third-order valence-electron chi connectivity index (χ3n) is 7.38. The van der Waals surface area contributed by atoms with Crippen LogP contribution in [0.3, 0.4) is 0 Å². The van der Waals surface area contributed by atoms with E-state index in [1.807, 2.05) is 41.6 Å². The van der Waals surface area contributed by atoms with Crippen LogP contribution in [0.15, 0.2) is 85.2 Å². The number of carbonyl (C=O) groups is 1. The van der Waals surface area contributed by atoms with Gasteiger partial charge < -0.3 is 26.2 Å². The highest BCUT2D eigenvalue weighted by Crippen LogP contribution is 2.28. The number of carbonyl (C=O) groups excluding carboxylic acids is 1. The Morgan fingerprint density at radius 3 is 2.53 bits per heavy atom. The zero-order valence-corrected chi connectivity index (χ0v) is 22.3. The van der Waals surface area contributed by atoms with Crippen LogP contribution in [0.1, 0.15) is 46.0 Å². The summed E-state index contributed by atoms with van der Waals surface area (Å²) in [7, 11) is 2.17. The smallest absolute Gasteiger partial charge is 0.251 e. The molecule has 3 aromatic carbocycles. The molecule has 0 atom stereocenters. The van der Waals surface area contributed by atoms with Crippen molar-refractivity contribution in [1.29, 1.82) is 0 Å². The van der Waals surface area contributed by atoms with Crippen molar-refractivity contribution in [1.82, 2.24) is 10.2 Å². The summed E-state index contributed by atoms with van der Waals surface area (Å²) in [4.78, 5) is 17.2. The number of nitrogens with two attached hydrogens (primary N) is 1. The summed E-state index contributed by atoms with van der Waals surface area (Å²) in [5, 5.41) is 6.59. The highest BCUT2D eigenvalue weighted by molar-refractivity contribution is 5.96. The number of rotatable bonds is 8. The fourth-order valence-corrected chi connectivity index (χ4v) is 5.03. The van der Waals surface area contributed by atoms with Gasteiger partial charge >= 0.3 is 0 Å². The van der Waals surface area contributed by atoms with E-state index in [1.54, 1.807) is 6.07 Å². The van der Waals surface area contributed by atoms with Crippen molar-refractivity contribution in [2.45, 2.75) is 39.4 Å². The predicted molar refractivity (Wildman–Crippen MR) is 157 cm³/mol. The molecular weight excluding hydrogens is 470 g/mol. The topological polar surface area (TPSA) is 73.6 Å². The van der Waals surface area contributed by atoms with Gasteiger partial charge in [-0.05, 0) is 78.4 Å². The Morgan fingerprint density at radius 1 is 0.974 bits per heavy atom. The van der Waals surface area contributed by atoms with Gasteiger partial charge in [-0.2, -0.15) is 0 Å². The van der Waals surface area contributed by atoms with E-state index in [2.05, 4.69) is 72.0 Å². The number of hydrogen-bond donors (Lipinski definition) is 3. The lowest BCUT2D eigenvalue weighted by Crippen LogP contribution is -2.26. The first-order chi connectivity index (χ1) is 18.5. The maximum atomic E-state index is 12.9. The minimum atomic E-state index is -0.137. The van der Waals surface area contributed by atoms with Gasteiger partial charge in [-0.25, -0.2) is 0 Å². The van der Waals surface area contributed by atoms with Crippen molar-refractivity contribution in [3.05, 3.63) is 113 Å². The first kappa shape index (κ1) is 25.6. The van der Waals surface area contributed by atoms with Gasteiger partial charge in [0.15, 0.2) is 0 Å². The molecule has 0 spiro atoms. The van der Waals surface area contributed by atoms with Gasteiger partial charge in [0.25, 0.3) is 5.91 Å². The molecule has 4 N–H and O–H groups in total. The lowest BCUT2D eigenvalue weighted by Gasteiger charge is -2.25. The molecule has 0 radical (unpaired) electrons. The number of amides is 1. The van der Waals surface area contributed by atoms with Crippen molar-refractivity contribution < 1.29 is 4.79 Å². The van der Waals surface area contributed by atoms with Crippen molar-refractivity contribution in [2.75, 3.05) is 29.5 Å². The zero-order chi connectivity index (χ0) is 26.5. The Bertz CT molecular complexity index is 1350. The SMILES string of the molecule is CCC1C=CN(c2ccc(C(=O)NCc3cccc(CNc4ccc5c(c4)CN(C)CC5)c3)cc2N)C=C1. The molecule has 196 valence electrons. The van der Waals surface area contributed by atoms with Crippen LogP contribution in [0.4, 0.5) is 17.1 Å². The standard InChI is InChI=1S/C32H37N5O/c1-3-23-11-15-37(16-12-23)31-10-8-27(19-30(31)33)32(38)35-21-25-6-4-5-24(17-25)20-34-29-9-7-26-13-14-36(2)22-28(26)18-29/h4-12,15-19,23,34H,3,13-14,20-22,33H2,1-2H3,(H,35,38). The van der Waals surface area contributed by atoms with E-state index in [9.17, 15) is 4.79 Å². The normalized spacial score (nSPS) is 15.4. The molecule has 0 aromatic heterocycles. The minimum absolute atomic E-state index is 0.137. The fraction of sp³-hybridized carbons (Fsp3) is 0.281. The van der Waals surface area contributed by atoms with E-state index in [4.69, 9.17) is 5.73 Å². The van der Waals surface area contributed by atoms with Crippen molar-refractivity contribution >= 4 is 23.0 Å². The molecule has 2 aliphatic heterocycles. The average molecular weight is 508 g/mol. The fourth-order valence-electron chi connectivity index (χ4n) is 5.03. The summed E-state index contributed by atoms with van der Waals surface area (Å²) in [5.41, 5.74) is 14.5. The summed E-state index contributed by atoms with van der Waals surface area (Å²) < 4.78 is 0.